The number of likely N-dealkylation sites (tertiary alicyclic amines) is 1. The van der Waals surface area contributed by atoms with Crippen molar-refractivity contribution in [2.45, 2.75) is 25.3 Å². The molecular formula is C22H26N2O4. The van der Waals surface area contributed by atoms with E-state index >= 15 is 0 Å². The van der Waals surface area contributed by atoms with Crippen molar-refractivity contribution in [2.75, 3.05) is 27.3 Å². The van der Waals surface area contributed by atoms with Crippen LogP contribution < -0.4 is 14.8 Å². The Morgan fingerprint density at radius 3 is 2.25 bits per heavy atom. The predicted molar refractivity (Wildman–Crippen MR) is 107 cm³/mol. The van der Waals surface area contributed by atoms with Gasteiger partial charge >= 0.3 is 0 Å². The number of hydrogen-bond acceptors (Lipinski definition) is 4. The largest absolute Gasteiger partial charge is 0.493 e. The molecule has 6 heteroatoms. The molecule has 0 aliphatic carbocycles. The molecule has 1 heterocycles. The number of carbonyl (C=O) groups excluding carboxylic acids is 2. The molecule has 2 aromatic rings. The second-order valence-electron chi connectivity index (χ2n) is 6.77. The highest BCUT2D eigenvalue weighted by Crippen LogP contribution is 2.28. The molecule has 1 saturated heterocycles. The molecule has 1 aliphatic heterocycles. The van der Waals surface area contributed by atoms with Gasteiger partial charge in [0.15, 0.2) is 11.5 Å². The third-order valence-electron chi connectivity index (χ3n) is 4.97. The van der Waals surface area contributed by atoms with Crippen molar-refractivity contribution in [1.29, 1.82) is 0 Å². The summed E-state index contributed by atoms with van der Waals surface area (Å²) in [7, 11) is 3.06. The third-order valence-corrected chi connectivity index (χ3v) is 4.97. The average molecular weight is 382 g/mol. The van der Waals surface area contributed by atoms with Crippen LogP contribution in [0.1, 0.15) is 41.2 Å². The van der Waals surface area contributed by atoms with Gasteiger partial charge in [-0.1, -0.05) is 30.3 Å². The zero-order valence-electron chi connectivity index (χ0n) is 16.3. The second kappa shape index (κ2) is 9.26. The molecule has 1 atom stereocenters. The van der Waals surface area contributed by atoms with E-state index in [0.29, 0.717) is 17.1 Å². The first-order valence-electron chi connectivity index (χ1n) is 9.50. The van der Waals surface area contributed by atoms with Crippen molar-refractivity contribution < 1.29 is 19.1 Å². The van der Waals surface area contributed by atoms with Gasteiger partial charge < -0.3 is 19.7 Å². The number of methoxy groups -OCH3 is 2. The highest BCUT2D eigenvalue weighted by molar-refractivity contribution is 5.98. The van der Waals surface area contributed by atoms with E-state index in [4.69, 9.17) is 9.47 Å². The van der Waals surface area contributed by atoms with Crippen molar-refractivity contribution >= 4 is 11.8 Å². The number of benzene rings is 2. The molecule has 1 N–H and O–H groups in total. The zero-order chi connectivity index (χ0) is 19.9. The van der Waals surface area contributed by atoms with Gasteiger partial charge in [0.1, 0.15) is 6.04 Å². The number of ether oxygens (including phenoxy) is 2. The molecule has 3 rings (SSSR count). The zero-order valence-corrected chi connectivity index (χ0v) is 16.3. The maximum atomic E-state index is 13.2. The summed E-state index contributed by atoms with van der Waals surface area (Å²) in [5, 5.41) is 2.91. The van der Waals surface area contributed by atoms with Crippen LogP contribution in [0.15, 0.2) is 48.5 Å². The van der Waals surface area contributed by atoms with E-state index in [0.717, 1.165) is 37.9 Å². The van der Waals surface area contributed by atoms with Crippen LogP contribution in [0, 0.1) is 0 Å². The minimum absolute atomic E-state index is 0.0697. The van der Waals surface area contributed by atoms with Gasteiger partial charge in [0.2, 0.25) is 5.91 Å². The number of amides is 2. The maximum absolute atomic E-state index is 13.2. The van der Waals surface area contributed by atoms with Gasteiger partial charge in [-0.3, -0.25) is 9.59 Å². The van der Waals surface area contributed by atoms with Crippen LogP contribution in [-0.4, -0.2) is 44.0 Å². The average Bonchev–Trinajstić information content (AvgIpc) is 2.77. The SMILES string of the molecule is COc1ccc(C(=O)N[C@H](C(=O)N2CCCCC2)c2ccccc2)cc1OC. The number of nitrogens with zero attached hydrogens (tertiary/aromatic N) is 1. The van der Waals surface area contributed by atoms with E-state index in [1.165, 1.54) is 7.11 Å². The van der Waals surface area contributed by atoms with Gasteiger partial charge in [-0.05, 0) is 43.0 Å². The summed E-state index contributed by atoms with van der Waals surface area (Å²) in [6.45, 7) is 1.46. The summed E-state index contributed by atoms with van der Waals surface area (Å²) < 4.78 is 10.5. The van der Waals surface area contributed by atoms with Crippen molar-refractivity contribution in [3.8, 4) is 11.5 Å². The Morgan fingerprint density at radius 2 is 1.61 bits per heavy atom. The van der Waals surface area contributed by atoms with Crippen LogP contribution in [0.2, 0.25) is 0 Å². The summed E-state index contributed by atoms with van der Waals surface area (Å²) >= 11 is 0. The van der Waals surface area contributed by atoms with Crippen LogP contribution in [0.5, 0.6) is 11.5 Å². The van der Waals surface area contributed by atoms with Crippen LogP contribution in [0.3, 0.4) is 0 Å². The van der Waals surface area contributed by atoms with Gasteiger partial charge in [-0.2, -0.15) is 0 Å². The summed E-state index contributed by atoms with van der Waals surface area (Å²) in [5.74, 6) is 0.608. The van der Waals surface area contributed by atoms with E-state index in [9.17, 15) is 9.59 Å². The lowest BCUT2D eigenvalue weighted by atomic mass is 10.0. The molecule has 1 aliphatic rings. The van der Waals surface area contributed by atoms with Crippen LogP contribution >= 0.6 is 0 Å². The molecule has 1 fully saturated rings. The highest BCUT2D eigenvalue weighted by Gasteiger charge is 2.28. The second-order valence-corrected chi connectivity index (χ2v) is 6.77. The molecule has 2 amide bonds. The lowest BCUT2D eigenvalue weighted by molar-refractivity contribution is -0.134. The number of nitrogens with one attached hydrogen (secondary N) is 1. The quantitative estimate of drug-likeness (QED) is 0.833. The van der Waals surface area contributed by atoms with E-state index in [1.54, 1.807) is 25.3 Å². The molecule has 0 radical (unpaired) electrons. The lowest BCUT2D eigenvalue weighted by Crippen LogP contribution is -2.45. The Balaban J connectivity index is 1.84. The normalized spacial score (nSPS) is 14.9. The molecule has 6 nitrogen and oxygen atoms in total. The number of rotatable bonds is 6. The first kappa shape index (κ1) is 19.7. The predicted octanol–water partition coefficient (Wildman–Crippen LogP) is 3.19. The van der Waals surface area contributed by atoms with E-state index in [1.807, 2.05) is 35.2 Å². The summed E-state index contributed by atoms with van der Waals surface area (Å²) in [6.07, 6.45) is 3.13. The minimum Gasteiger partial charge on any atom is -0.493 e. The van der Waals surface area contributed by atoms with Gasteiger partial charge in [-0.15, -0.1) is 0 Å². The van der Waals surface area contributed by atoms with Gasteiger partial charge in [0, 0.05) is 18.7 Å². The minimum atomic E-state index is -0.722. The first-order valence-corrected chi connectivity index (χ1v) is 9.50. The molecule has 0 spiro atoms. The molecule has 0 saturated carbocycles. The van der Waals surface area contributed by atoms with Crippen LogP contribution in [0.4, 0.5) is 0 Å². The fourth-order valence-corrected chi connectivity index (χ4v) is 3.42. The third kappa shape index (κ3) is 4.44. The molecule has 0 unspecified atom stereocenters. The van der Waals surface area contributed by atoms with E-state index in [2.05, 4.69) is 5.32 Å². The fourth-order valence-electron chi connectivity index (χ4n) is 3.42. The summed E-state index contributed by atoms with van der Waals surface area (Å²) in [6, 6.07) is 13.6. The van der Waals surface area contributed by atoms with Crippen molar-refractivity contribution in [3.63, 3.8) is 0 Å². The fraction of sp³-hybridized carbons (Fsp3) is 0.364. The molecule has 0 bridgehead atoms. The molecule has 2 aromatic carbocycles. The summed E-state index contributed by atoms with van der Waals surface area (Å²) in [5.41, 5.74) is 1.18. The Morgan fingerprint density at radius 1 is 0.929 bits per heavy atom. The Hall–Kier alpha value is -3.02. The Bertz CT molecular complexity index is 817. The van der Waals surface area contributed by atoms with Gasteiger partial charge in [0.25, 0.3) is 5.91 Å². The summed E-state index contributed by atoms with van der Waals surface area (Å²) in [4.78, 5) is 27.9. The van der Waals surface area contributed by atoms with Crippen LogP contribution in [-0.2, 0) is 4.79 Å². The van der Waals surface area contributed by atoms with Crippen molar-refractivity contribution in [3.05, 3.63) is 59.7 Å². The first-order chi connectivity index (χ1) is 13.6. The molecule has 28 heavy (non-hydrogen) atoms. The van der Waals surface area contributed by atoms with Gasteiger partial charge in [-0.25, -0.2) is 0 Å². The Kier molecular flexibility index (Phi) is 6.53. The number of piperidine rings is 1. The Labute approximate surface area is 165 Å². The molecule has 0 aromatic heterocycles. The van der Waals surface area contributed by atoms with Crippen LogP contribution in [0.25, 0.3) is 0 Å². The number of hydrogen-bond donors (Lipinski definition) is 1. The van der Waals surface area contributed by atoms with E-state index in [-0.39, 0.29) is 11.8 Å². The van der Waals surface area contributed by atoms with Crippen molar-refractivity contribution in [1.82, 2.24) is 10.2 Å². The lowest BCUT2D eigenvalue weighted by Gasteiger charge is -2.31. The number of carbonyl (C=O) groups is 2. The molecule has 148 valence electrons. The highest BCUT2D eigenvalue weighted by atomic mass is 16.5. The molecular weight excluding hydrogens is 356 g/mol. The topological polar surface area (TPSA) is 67.9 Å². The smallest absolute Gasteiger partial charge is 0.252 e. The van der Waals surface area contributed by atoms with Gasteiger partial charge in [0.05, 0.1) is 14.2 Å². The van der Waals surface area contributed by atoms with E-state index < -0.39 is 6.04 Å². The van der Waals surface area contributed by atoms with Crippen molar-refractivity contribution in [2.24, 2.45) is 0 Å². The standard InChI is InChI=1S/C22H26N2O4/c1-27-18-12-11-17(15-19(18)28-2)21(25)23-20(16-9-5-3-6-10-16)22(26)24-13-7-4-8-14-24/h3,5-6,9-12,15,20H,4,7-8,13-14H2,1-2H3,(H,23,25)/t20-/m0/s1. The maximum Gasteiger partial charge on any atom is 0.252 e. The monoisotopic (exact) mass is 382 g/mol.